The Morgan fingerprint density at radius 1 is 1.07 bits per heavy atom. The van der Waals surface area contributed by atoms with Crippen molar-refractivity contribution in [2.24, 2.45) is 0 Å². The molecular formula is C18H14F3N3O6. The number of carbonyl (C=O) groups is 3. The Balaban J connectivity index is 1.77. The molecule has 0 aliphatic rings. The van der Waals surface area contributed by atoms with Gasteiger partial charge in [-0.05, 0) is 30.3 Å². The molecule has 30 heavy (non-hydrogen) atoms. The quantitative estimate of drug-likeness (QED) is 0.399. The molecule has 158 valence electrons. The minimum atomic E-state index is -4.51. The zero-order chi connectivity index (χ0) is 22.3. The number of ether oxygens (including phenoxy) is 1. The molecule has 2 N–H and O–H groups in total. The Kier molecular flexibility index (Phi) is 7.07. The SMILES string of the molecule is O=C(COC(=O)CNC(=O)c1cccc([N+](=O)[O-])c1)Nc1ccc(C(F)(F)F)cc1. The molecule has 0 aliphatic heterocycles. The minimum Gasteiger partial charge on any atom is -0.454 e. The lowest BCUT2D eigenvalue weighted by atomic mass is 10.2. The van der Waals surface area contributed by atoms with Gasteiger partial charge in [0, 0.05) is 23.4 Å². The third-order valence-electron chi connectivity index (χ3n) is 3.57. The highest BCUT2D eigenvalue weighted by Crippen LogP contribution is 2.29. The van der Waals surface area contributed by atoms with Crippen LogP contribution in [0.1, 0.15) is 15.9 Å². The maximum absolute atomic E-state index is 12.5. The number of halogens is 3. The number of nitro groups is 1. The average molecular weight is 425 g/mol. The molecule has 0 unspecified atom stereocenters. The first kappa shape index (κ1) is 22.3. The van der Waals surface area contributed by atoms with Gasteiger partial charge in [-0.15, -0.1) is 0 Å². The molecule has 0 fully saturated rings. The van der Waals surface area contributed by atoms with Crippen molar-refractivity contribution < 1.29 is 37.2 Å². The molecule has 0 radical (unpaired) electrons. The van der Waals surface area contributed by atoms with E-state index in [-0.39, 0.29) is 16.9 Å². The second-order valence-electron chi connectivity index (χ2n) is 5.77. The molecule has 0 atom stereocenters. The van der Waals surface area contributed by atoms with Gasteiger partial charge < -0.3 is 15.4 Å². The first-order valence-electron chi connectivity index (χ1n) is 8.21. The predicted molar refractivity (Wildman–Crippen MR) is 96.5 cm³/mol. The molecule has 12 heteroatoms. The lowest BCUT2D eigenvalue weighted by molar-refractivity contribution is -0.384. The van der Waals surface area contributed by atoms with E-state index in [4.69, 9.17) is 0 Å². The topological polar surface area (TPSA) is 128 Å². The van der Waals surface area contributed by atoms with Gasteiger partial charge in [0.15, 0.2) is 6.61 Å². The average Bonchev–Trinajstić information content (AvgIpc) is 2.70. The van der Waals surface area contributed by atoms with Gasteiger partial charge in [0.1, 0.15) is 6.54 Å². The Labute approximate surface area is 167 Å². The van der Waals surface area contributed by atoms with Crippen LogP contribution in [0.25, 0.3) is 0 Å². The number of benzene rings is 2. The fraction of sp³-hybridized carbons (Fsp3) is 0.167. The summed E-state index contributed by atoms with van der Waals surface area (Å²) in [5.41, 5.74) is -1.16. The van der Waals surface area contributed by atoms with Crippen LogP contribution in [0.5, 0.6) is 0 Å². The van der Waals surface area contributed by atoms with Crippen LogP contribution < -0.4 is 10.6 Å². The molecule has 0 saturated heterocycles. The van der Waals surface area contributed by atoms with Crippen LogP contribution in [0, 0.1) is 10.1 Å². The molecule has 2 amide bonds. The van der Waals surface area contributed by atoms with Crippen molar-refractivity contribution in [1.29, 1.82) is 0 Å². The highest BCUT2D eigenvalue weighted by Gasteiger charge is 2.30. The Bertz CT molecular complexity index is 960. The highest BCUT2D eigenvalue weighted by molar-refractivity contribution is 5.97. The first-order valence-corrected chi connectivity index (χ1v) is 8.21. The number of esters is 1. The van der Waals surface area contributed by atoms with Crippen LogP contribution in [-0.4, -0.2) is 35.9 Å². The number of nitro benzene ring substituents is 1. The van der Waals surface area contributed by atoms with E-state index in [9.17, 15) is 37.7 Å². The monoisotopic (exact) mass is 425 g/mol. The number of rotatable bonds is 7. The van der Waals surface area contributed by atoms with Crippen molar-refractivity contribution >= 4 is 29.2 Å². The van der Waals surface area contributed by atoms with Crippen molar-refractivity contribution in [3.05, 3.63) is 69.8 Å². The molecule has 0 aromatic heterocycles. The van der Waals surface area contributed by atoms with E-state index >= 15 is 0 Å². The number of amides is 2. The molecule has 0 saturated carbocycles. The standard InChI is InChI=1S/C18H14F3N3O6/c19-18(20,21)12-4-6-13(7-5-12)23-15(25)10-30-16(26)9-22-17(27)11-2-1-3-14(8-11)24(28)29/h1-8H,9-10H2,(H,22,27)(H,23,25). The van der Waals surface area contributed by atoms with Gasteiger partial charge in [0.25, 0.3) is 17.5 Å². The number of anilines is 1. The minimum absolute atomic E-state index is 0.0444. The van der Waals surface area contributed by atoms with Crippen LogP contribution in [0.2, 0.25) is 0 Å². The molecular weight excluding hydrogens is 411 g/mol. The summed E-state index contributed by atoms with van der Waals surface area (Å²) in [5.74, 6) is -2.52. The summed E-state index contributed by atoms with van der Waals surface area (Å²) < 4.78 is 42.1. The maximum atomic E-state index is 12.5. The lowest BCUT2D eigenvalue weighted by Gasteiger charge is -2.09. The van der Waals surface area contributed by atoms with E-state index in [1.54, 1.807) is 0 Å². The van der Waals surface area contributed by atoms with Crippen molar-refractivity contribution in [2.75, 3.05) is 18.5 Å². The molecule has 0 aliphatic carbocycles. The van der Waals surface area contributed by atoms with Gasteiger partial charge in [-0.1, -0.05) is 6.07 Å². The number of hydrogen-bond acceptors (Lipinski definition) is 6. The van der Waals surface area contributed by atoms with E-state index in [1.807, 2.05) is 0 Å². The molecule has 0 heterocycles. The van der Waals surface area contributed by atoms with Gasteiger partial charge in [-0.2, -0.15) is 13.2 Å². The Morgan fingerprint density at radius 2 is 1.73 bits per heavy atom. The second kappa shape index (κ2) is 9.49. The van der Waals surface area contributed by atoms with Gasteiger partial charge in [-0.3, -0.25) is 24.5 Å². The summed E-state index contributed by atoms with van der Waals surface area (Å²) in [4.78, 5) is 45.2. The zero-order valence-electron chi connectivity index (χ0n) is 15.1. The first-order chi connectivity index (χ1) is 14.1. The molecule has 0 spiro atoms. The normalized spacial score (nSPS) is 10.8. The number of non-ortho nitro benzene ring substituents is 1. The van der Waals surface area contributed by atoms with Gasteiger partial charge >= 0.3 is 12.1 Å². The highest BCUT2D eigenvalue weighted by atomic mass is 19.4. The number of carbonyl (C=O) groups excluding carboxylic acids is 3. The van der Waals surface area contributed by atoms with E-state index < -0.39 is 47.6 Å². The molecule has 9 nitrogen and oxygen atoms in total. The van der Waals surface area contributed by atoms with Crippen LogP contribution in [0.15, 0.2) is 48.5 Å². The van der Waals surface area contributed by atoms with Crippen LogP contribution in [0.3, 0.4) is 0 Å². The maximum Gasteiger partial charge on any atom is 0.416 e. The Hall–Kier alpha value is -3.96. The van der Waals surface area contributed by atoms with Gasteiger partial charge in [0.2, 0.25) is 0 Å². The van der Waals surface area contributed by atoms with Crippen molar-refractivity contribution in [1.82, 2.24) is 5.32 Å². The van der Waals surface area contributed by atoms with Crippen molar-refractivity contribution in [3.8, 4) is 0 Å². The second-order valence-corrected chi connectivity index (χ2v) is 5.77. The molecule has 0 bridgehead atoms. The summed E-state index contributed by atoms with van der Waals surface area (Å²) in [6.45, 7) is -1.33. The Morgan fingerprint density at radius 3 is 2.33 bits per heavy atom. The fourth-order valence-corrected chi connectivity index (χ4v) is 2.15. The molecule has 2 aromatic rings. The fourth-order valence-electron chi connectivity index (χ4n) is 2.15. The predicted octanol–water partition coefficient (Wildman–Crippen LogP) is 2.53. The van der Waals surface area contributed by atoms with E-state index in [1.165, 1.54) is 18.2 Å². The number of alkyl halides is 3. The van der Waals surface area contributed by atoms with E-state index in [2.05, 4.69) is 15.4 Å². The van der Waals surface area contributed by atoms with Crippen LogP contribution in [0.4, 0.5) is 24.5 Å². The van der Waals surface area contributed by atoms with E-state index in [0.717, 1.165) is 30.3 Å². The van der Waals surface area contributed by atoms with Crippen LogP contribution in [-0.2, 0) is 20.5 Å². The molecule has 2 rings (SSSR count). The molecule has 2 aromatic carbocycles. The zero-order valence-corrected chi connectivity index (χ0v) is 15.1. The summed E-state index contributed by atoms with van der Waals surface area (Å²) >= 11 is 0. The van der Waals surface area contributed by atoms with Gasteiger partial charge in [0.05, 0.1) is 10.5 Å². The number of nitrogens with one attached hydrogen (secondary N) is 2. The smallest absolute Gasteiger partial charge is 0.416 e. The van der Waals surface area contributed by atoms with Crippen LogP contribution >= 0.6 is 0 Å². The van der Waals surface area contributed by atoms with Crippen molar-refractivity contribution in [2.45, 2.75) is 6.18 Å². The summed E-state index contributed by atoms with van der Waals surface area (Å²) in [5, 5.41) is 15.1. The lowest BCUT2D eigenvalue weighted by Crippen LogP contribution is -2.32. The van der Waals surface area contributed by atoms with Gasteiger partial charge in [-0.25, -0.2) is 0 Å². The van der Waals surface area contributed by atoms with Crippen molar-refractivity contribution in [3.63, 3.8) is 0 Å². The number of nitrogens with zero attached hydrogens (tertiary/aromatic N) is 1. The third-order valence-corrected chi connectivity index (χ3v) is 3.57. The summed E-state index contributed by atoms with van der Waals surface area (Å²) in [6.07, 6.45) is -4.51. The summed E-state index contributed by atoms with van der Waals surface area (Å²) in [6, 6.07) is 8.49. The number of hydrogen-bond donors (Lipinski definition) is 2. The largest absolute Gasteiger partial charge is 0.454 e. The third kappa shape index (κ3) is 6.58. The summed E-state index contributed by atoms with van der Waals surface area (Å²) in [7, 11) is 0. The van der Waals surface area contributed by atoms with E-state index in [0.29, 0.717) is 0 Å².